The lowest BCUT2D eigenvalue weighted by Gasteiger charge is -2.15. The number of pyridine rings is 1. The molecule has 34 heavy (non-hydrogen) atoms. The van der Waals surface area contributed by atoms with Gasteiger partial charge in [0, 0.05) is 35.5 Å². The van der Waals surface area contributed by atoms with Gasteiger partial charge in [0.25, 0.3) is 5.91 Å². The average molecular weight is 451 g/mol. The van der Waals surface area contributed by atoms with Crippen molar-refractivity contribution in [3.05, 3.63) is 96.7 Å². The molecule has 8 heteroatoms. The van der Waals surface area contributed by atoms with Gasteiger partial charge in [0.1, 0.15) is 11.6 Å². The number of hydrogen-bond acceptors (Lipinski definition) is 7. The lowest BCUT2D eigenvalue weighted by atomic mass is 10.1. The highest BCUT2D eigenvalue weighted by molar-refractivity contribution is 6.02. The third-order valence-corrected chi connectivity index (χ3v) is 5.28. The predicted octanol–water partition coefficient (Wildman–Crippen LogP) is 4.97. The van der Waals surface area contributed by atoms with E-state index in [-0.39, 0.29) is 5.91 Å². The summed E-state index contributed by atoms with van der Waals surface area (Å²) < 4.78 is 10.5. The van der Waals surface area contributed by atoms with Crippen molar-refractivity contribution < 1.29 is 13.9 Å². The van der Waals surface area contributed by atoms with Gasteiger partial charge < -0.3 is 19.8 Å². The van der Waals surface area contributed by atoms with Crippen LogP contribution in [0, 0.1) is 0 Å². The van der Waals surface area contributed by atoms with Gasteiger partial charge in [-0.25, -0.2) is 9.97 Å². The smallest absolute Gasteiger partial charge is 0.253 e. The van der Waals surface area contributed by atoms with Crippen LogP contribution in [0.4, 0.5) is 11.5 Å². The average Bonchev–Trinajstić information content (AvgIpc) is 3.41. The van der Waals surface area contributed by atoms with E-state index in [1.807, 2.05) is 54.6 Å². The van der Waals surface area contributed by atoms with E-state index in [2.05, 4.69) is 15.6 Å². The predicted molar refractivity (Wildman–Crippen MR) is 129 cm³/mol. The Hall–Kier alpha value is -4.72. The molecule has 8 nitrogen and oxygen atoms in total. The van der Waals surface area contributed by atoms with Crippen molar-refractivity contribution in [3.63, 3.8) is 0 Å². The number of nitrogens with one attached hydrogen (secondary N) is 2. The maximum absolute atomic E-state index is 13.0. The summed E-state index contributed by atoms with van der Waals surface area (Å²) in [5.41, 5.74) is 3.51. The van der Waals surface area contributed by atoms with Gasteiger partial charge in [-0.05, 0) is 48.5 Å². The third kappa shape index (κ3) is 4.42. The number of carbonyl (C=O) groups is 1. The molecule has 0 saturated carbocycles. The summed E-state index contributed by atoms with van der Waals surface area (Å²) in [6.45, 7) is 0.364. The molecule has 0 aliphatic heterocycles. The number of ether oxygens (including phenoxy) is 1. The molecule has 0 radical (unpaired) electrons. The Morgan fingerprint density at radius 3 is 2.76 bits per heavy atom. The number of aromatic nitrogens is 3. The molecule has 0 spiro atoms. The van der Waals surface area contributed by atoms with Crippen molar-refractivity contribution in [1.29, 1.82) is 0 Å². The van der Waals surface area contributed by atoms with E-state index in [1.165, 1.54) is 0 Å². The molecule has 0 aliphatic carbocycles. The molecule has 0 unspecified atom stereocenters. The van der Waals surface area contributed by atoms with E-state index in [9.17, 15) is 4.79 Å². The van der Waals surface area contributed by atoms with E-state index in [0.717, 1.165) is 22.0 Å². The molecule has 3 heterocycles. The van der Waals surface area contributed by atoms with Gasteiger partial charge in [0.2, 0.25) is 0 Å². The zero-order valence-corrected chi connectivity index (χ0v) is 18.4. The van der Waals surface area contributed by atoms with Gasteiger partial charge in [-0.2, -0.15) is 0 Å². The van der Waals surface area contributed by atoms with E-state index >= 15 is 0 Å². The zero-order chi connectivity index (χ0) is 23.3. The van der Waals surface area contributed by atoms with Crippen LogP contribution >= 0.6 is 0 Å². The van der Waals surface area contributed by atoms with Gasteiger partial charge in [-0.15, -0.1) is 0 Å². The van der Waals surface area contributed by atoms with Crippen molar-refractivity contribution in [2.45, 2.75) is 6.54 Å². The van der Waals surface area contributed by atoms with Crippen molar-refractivity contribution >= 4 is 28.3 Å². The molecule has 5 aromatic rings. The molecule has 2 N–H and O–H groups in total. The Balaban J connectivity index is 1.53. The maximum Gasteiger partial charge on any atom is 0.253 e. The minimum Gasteiger partial charge on any atom is -0.497 e. The first-order chi connectivity index (χ1) is 16.7. The molecule has 0 aliphatic rings. The number of para-hydroxylation sites is 1. The van der Waals surface area contributed by atoms with Gasteiger partial charge in [0.15, 0.2) is 5.82 Å². The second-order valence-electron chi connectivity index (χ2n) is 7.51. The van der Waals surface area contributed by atoms with Gasteiger partial charge in [-0.1, -0.05) is 12.1 Å². The summed E-state index contributed by atoms with van der Waals surface area (Å²) in [6.07, 6.45) is 6.59. The fraction of sp³-hybridized carbons (Fsp3) is 0.0769. The second-order valence-corrected chi connectivity index (χ2v) is 7.51. The van der Waals surface area contributed by atoms with E-state index < -0.39 is 0 Å². The molecule has 1 amide bonds. The SMILES string of the molecule is COc1ccc2nc(-c3cccnc3)nc(Nc3ccccc3C(=O)NCc3ccoc3)c2c1. The number of hydrogen-bond donors (Lipinski definition) is 2. The summed E-state index contributed by atoms with van der Waals surface area (Å²) in [5, 5.41) is 7.03. The maximum atomic E-state index is 13.0. The lowest BCUT2D eigenvalue weighted by molar-refractivity contribution is 0.0951. The highest BCUT2D eigenvalue weighted by Gasteiger charge is 2.15. The van der Waals surface area contributed by atoms with Crippen LogP contribution in [0.2, 0.25) is 0 Å². The second kappa shape index (κ2) is 9.41. The number of rotatable bonds is 7. The normalized spacial score (nSPS) is 10.7. The highest BCUT2D eigenvalue weighted by atomic mass is 16.5. The number of benzene rings is 2. The summed E-state index contributed by atoms with van der Waals surface area (Å²) in [7, 11) is 1.61. The van der Waals surface area contributed by atoms with Crippen LogP contribution in [0.5, 0.6) is 5.75 Å². The molecule has 3 aromatic heterocycles. The Morgan fingerprint density at radius 1 is 1.06 bits per heavy atom. The fourth-order valence-corrected chi connectivity index (χ4v) is 3.54. The Morgan fingerprint density at radius 2 is 1.97 bits per heavy atom. The molecular weight excluding hydrogens is 430 g/mol. The van der Waals surface area contributed by atoms with Gasteiger partial charge in [-0.3, -0.25) is 9.78 Å². The Bertz CT molecular complexity index is 1440. The fourth-order valence-electron chi connectivity index (χ4n) is 3.54. The minimum absolute atomic E-state index is 0.215. The van der Waals surface area contributed by atoms with Crippen molar-refractivity contribution in [1.82, 2.24) is 20.3 Å². The van der Waals surface area contributed by atoms with Crippen LogP contribution in [0.25, 0.3) is 22.3 Å². The number of nitrogens with zero attached hydrogens (tertiary/aromatic N) is 3. The molecule has 5 rings (SSSR count). The topological polar surface area (TPSA) is 102 Å². The lowest BCUT2D eigenvalue weighted by Crippen LogP contribution is -2.23. The molecule has 168 valence electrons. The minimum atomic E-state index is -0.215. The van der Waals surface area contributed by atoms with Gasteiger partial charge >= 0.3 is 0 Å². The standard InChI is InChI=1S/C26H21N5O3/c1-33-19-8-9-23-21(13-19)25(31-24(29-23)18-5-4-11-27-15-18)30-22-7-3-2-6-20(22)26(32)28-14-17-10-12-34-16-17/h2-13,15-16H,14H2,1H3,(H,28,32)(H,29,30,31). The van der Waals surface area contributed by atoms with E-state index in [1.54, 1.807) is 38.1 Å². The van der Waals surface area contributed by atoms with Crippen LogP contribution in [0.15, 0.2) is 90.0 Å². The van der Waals surface area contributed by atoms with E-state index in [0.29, 0.717) is 35.2 Å². The highest BCUT2D eigenvalue weighted by Crippen LogP contribution is 2.31. The zero-order valence-electron chi connectivity index (χ0n) is 18.4. The summed E-state index contributed by atoms with van der Waals surface area (Å²) >= 11 is 0. The van der Waals surface area contributed by atoms with Crippen LogP contribution in [-0.4, -0.2) is 28.0 Å². The Kier molecular flexibility index (Phi) is 5.85. The van der Waals surface area contributed by atoms with Crippen molar-refractivity contribution in [3.8, 4) is 17.1 Å². The van der Waals surface area contributed by atoms with Crippen LogP contribution in [0.1, 0.15) is 15.9 Å². The number of fused-ring (bicyclic) bond motifs is 1. The van der Waals surface area contributed by atoms with Gasteiger partial charge in [0.05, 0.1) is 36.4 Å². The largest absolute Gasteiger partial charge is 0.497 e. The first-order valence-electron chi connectivity index (χ1n) is 10.6. The molecule has 0 saturated heterocycles. The quantitative estimate of drug-likeness (QED) is 0.360. The number of carbonyl (C=O) groups excluding carboxylic acids is 1. The first kappa shape index (κ1) is 21.1. The van der Waals surface area contributed by atoms with Crippen LogP contribution in [0.3, 0.4) is 0 Å². The molecule has 2 aromatic carbocycles. The molecule has 0 atom stereocenters. The monoisotopic (exact) mass is 451 g/mol. The number of methoxy groups -OCH3 is 1. The molecule has 0 bridgehead atoms. The first-order valence-corrected chi connectivity index (χ1v) is 10.6. The number of anilines is 2. The van der Waals surface area contributed by atoms with Crippen molar-refractivity contribution in [2.24, 2.45) is 0 Å². The summed E-state index contributed by atoms with van der Waals surface area (Å²) in [6, 6.07) is 18.4. The third-order valence-electron chi connectivity index (χ3n) is 5.28. The summed E-state index contributed by atoms with van der Waals surface area (Å²) in [5.74, 6) is 1.54. The molecular formula is C26H21N5O3. The number of furan rings is 1. The van der Waals surface area contributed by atoms with E-state index in [4.69, 9.17) is 19.1 Å². The van der Waals surface area contributed by atoms with Crippen LogP contribution < -0.4 is 15.4 Å². The van der Waals surface area contributed by atoms with Crippen LogP contribution in [-0.2, 0) is 6.54 Å². The molecule has 0 fully saturated rings. The Labute approximate surface area is 195 Å². The summed E-state index contributed by atoms with van der Waals surface area (Å²) in [4.78, 5) is 26.6. The number of amides is 1. The van der Waals surface area contributed by atoms with Crippen molar-refractivity contribution in [2.75, 3.05) is 12.4 Å².